The van der Waals surface area contributed by atoms with Crippen molar-refractivity contribution >= 4 is 40.2 Å². The quantitative estimate of drug-likeness (QED) is 0.0328. The molecule has 2 rings (SSSR count). The van der Waals surface area contributed by atoms with Gasteiger partial charge in [-0.3, -0.25) is 19.9 Å². The lowest BCUT2D eigenvalue weighted by Gasteiger charge is -2.08. The molecule has 0 saturated heterocycles. The molecule has 256 valence electrons. The van der Waals surface area contributed by atoms with Crippen molar-refractivity contribution in [2.75, 3.05) is 37.9 Å². The van der Waals surface area contributed by atoms with Crippen LogP contribution in [-0.2, 0) is 24.8 Å². The maximum absolute atomic E-state index is 9.63. The highest BCUT2D eigenvalue weighted by molar-refractivity contribution is 7.86. The van der Waals surface area contributed by atoms with Crippen molar-refractivity contribution in [2.45, 2.75) is 19.3 Å². The predicted octanol–water partition coefficient (Wildman–Crippen LogP) is 1.05. The van der Waals surface area contributed by atoms with Crippen molar-refractivity contribution < 1.29 is 60.0 Å². The van der Waals surface area contributed by atoms with Crippen molar-refractivity contribution in [3.63, 3.8) is 0 Å². The van der Waals surface area contributed by atoms with Crippen LogP contribution in [-0.4, -0.2) is 95.5 Å². The molecule has 0 aliphatic rings. The van der Waals surface area contributed by atoms with Crippen LogP contribution in [0.5, 0.6) is 11.5 Å². The van der Waals surface area contributed by atoms with Crippen LogP contribution in [0.25, 0.3) is 0 Å². The van der Waals surface area contributed by atoms with E-state index in [2.05, 4.69) is 13.2 Å². The number of aliphatic hydroxyl groups excluding tert-OH is 2. The Morgan fingerprint density at radius 2 is 0.956 bits per heavy atom. The Bertz CT molecular complexity index is 1230. The summed E-state index contributed by atoms with van der Waals surface area (Å²) in [5.41, 5.74) is 12.2. The Kier molecular flexibility index (Phi) is 27.4. The molecule has 17 nitrogen and oxygen atoms in total. The Balaban J connectivity index is -0.000000719. The summed E-state index contributed by atoms with van der Waals surface area (Å²) in [4.78, 5) is 14.2. The molecule has 0 unspecified atom stereocenters. The molecule has 0 atom stereocenters. The third kappa shape index (κ3) is 33.2. The van der Waals surface area contributed by atoms with Gasteiger partial charge in [-0.25, -0.2) is 0 Å². The van der Waals surface area contributed by atoms with Gasteiger partial charge in [0.25, 0.3) is 20.2 Å². The molecule has 0 fully saturated rings. The van der Waals surface area contributed by atoms with E-state index < -0.39 is 53.2 Å². The summed E-state index contributed by atoms with van der Waals surface area (Å²) in [6.45, 7) is 6.23. The van der Waals surface area contributed by atoms with Crippen LogP contribution >= 0.6 is 8.25 Å². The zero-order valence-corrected chi connectivity index (χ0v) is 26.9. The number of unbranched alkanes of at least 4 members (excludes halogenated alkanes) is 2. The average molecular weight is 702 g/mol. The lowest BCUT2D eigenvalue weighted by molar-refractivity contribution is 0.279. The molecule has 0 radical (unpaired) electrons. The highest BCUT2D eigenvalue weighted by Crippen LogP contribution is 2.14. The average Bonchev–Trinajstić information content (AvgIpc) is 2.93. The number of hydrogen-bond donors (Lipinski definition) is 10. The number of nitrogens with one attached hydrogen (secondary N) is 2. The van der Waals surface area contributed by atoms with Gasteiger partial charge in [0.2, 0.25) is 0 Å². The summed E-state index contributed by atoms with van der Waals surface area (Å²) < 4.78 is 74.2. The molecule has 45 heavy (non-hydrogen) atoms. The standard InChI is InChI=1S/C19H24N4O2.2C2H6O4S.C2H4.HO3P/c20-18(21)14-4-8-16(9-5-14)24-12-2-1-3-13-25-17-10-6-15(7-11-17)19(22)23;2*3-1-2-7(4,5)6;1-2;1-4(2)3/h4-11H,1-3,12-13H2,(H3,20,21)(H3,22,23);2*3H,1-2H2,(H,4,5,6);1-2H2;(H-,1,2,3)/p+1. The second kappa shape index (κ2) is 26.8. The smallest absolute Gasteiger partial charge is 0.494 e. The molecule has 0 aliphatic heterocycles. The van der Waals surface area contributed by atoms with Crippen molar-refractivity contribution in [3.8, 4) is 11.5 Å². The Labute approximate surface area is 263 Å². The van der Waals surface area contributed by atoms with E-state index in [9.17, 15) is 16.8 Å². The topological polar surface area (TPSA) is 325 Å². The molecule has 0 aromatic heterocycles. The molecule has 12 N–H and O–H groups in total. The fraction of sp³-hybridized carbons (Fsp3) is 0.360. The second-order valence-electron chi connectivity index (χ2n) is 7.91. The molecule has 0 bridgehead atoms. The third-order valence-corrected chi connectivity index (χ3v) is 5.75. The number of benzene rings is 2. The van der Waals surface area contributed by atoms with E-state index in [1.165, 1.54) is 0 Å². The van der Waals surface area contributed by atoms with Gasteiger partial charge in [-0.05, 0) is 67.8 Å². The van der Waals surface area contributed by atoms with Crippen LogP contribution in [0.15, 0.2) is 61.7 Å². The van der Waals surface area contributed by atoms with Crippen molar-refractivity contribution in [2.24, 2.45) is 11.5 Å². The van der Waals surface area contributed by atoms with E-state index in [4.69, 9.17) is 65.4 Å². The molecule has 0 spiro atoms. The first-order chi connectivity index (χ1) is 20.9. The van der Waals surface area contributed by atoms with Crippen LogP contribution in [0, 0.1) is 10.8 Å². The number of nitrogen functional groups attached to an aromatic ring is 2. The number of hydrogen-bond acceptors (Lipinski definition) is 11. The van der Waals surface area contributed by atoms with Crippen LogP contribution in [0.4, 0.5) is 0 Å². The molecule has 20 heteroatoms. The first-order valence-corrected chi connectivity index (χ1v) is 16.9. The monoisotopic (exact) mass is 701 g/mol. The van der Waals surface area contributed by atoms with Crippen molar-refractivity contribution in [1.82, 2.24) is 0 Å². The number of aliphatic hydroxyl groups is 2. The zero-order valence-electron chi connectivity index (χ0n) is 24.4. The van der Waals surface area contributed by atoms with E-state index in [1.54, 1.807) is 24.3 Å². The molecular weight excluding hydrogens is 659 g/mol. The van der Waals surface area contributed by atoms with E-state index in [0.717, 1.165) is 30.8 Å². The van der Waals surface area contributed by atoms with Crippen LogP contribution in [0.1, 0.15) is 30.4 Å². The van der Waals surface area contributed by atoms with E-state index in [1.807, 2.05) is 24.3 Å². The summed E-state index contributed by atoms with van der Waals surface area (Å²) in [7, 11) is -10.7. The summed E-state index contributed by atoms with van der Waals surface area (Å²) in [6, 6.07) is 14.4. The maximum atomic E-state index is 9.63. The van der Waals surface area contributed by atoms with E-state index in [-0.39, 0.29) is 11.7 Å². The fourth-order valence-corrected chi connectivity index (χ4v) is 2.91. The van der Waals surface area contributed by atoms with E-state index >= 15 is 0 Å². The highest BCUT2D eigenvalue weighted by Gasteiger charge is 2.01. The van der Waals surface area contributed by atoms with Gasteiger partial charge in [0.05, 0.1) is 37.9 Å². The minimum Gasteiger partial charge on any atom is -0.494 e. The van der Waals surface area contributed by atoms with Crippen LogP contribution < -0.4 is 20.9 Å². The molecular formula is C25H42N4O13PS2+. The van der Waals surface area contributed by atoms with Gasteiger partial charge in [-0.2, -0.15) is 16.8 Å². The summed E-state index contributed by atoms with van der Waals surface area (Å²) in [5, 5.41) is 30.4. The minimum atomic E-state index is -3.92. The number of ether oxygens (including phenoxy) is 2. The third-order valence-electron chi connectivity index (χ3n) is 4.36. The maximum Gasteiger partial charge on any atom is 0.692 e. The molecule has 0 amide bonds. The zero-order chi connectivity index (χ0) is 35.5. The molecule has 0 saturated carbocycles. The van der Waals surface area contributed by atoms with Crippen LogP contribution in [0.2, 0.25) is 0 Å². The van der Waals surface area contributed by atoms with E-state index in [0.29, 0.717) is 24.3 Å². The van der Waals surface area contributed by atoms with Gasteiger partial charge in [-0.15, -0.1) is 22.9 Å². The second-order valence-corrected chi connectivity index (χ2v) is 11.6. The summed E-state index contributed by atoms with van der Waals surface area (Å²) in [5.74, 6) is 0.531. The highest BCUT2D eigenvalue weighted by atomic mass is 32.2. The van der Waals surface area contributed by atoms with Crippen molar-refractivity contribution in [1.29, 1.82) is 10.8 Å². The molecule has 2 aromatic carbocycles. The van der Waals surface area contributed by atoms with Gasteiger partial charge in [-0.1, -0.05) is 0 Å². The Hall–Kier alpha value is -3.52. The lowest BCUT2D eigenvalue weighted by Crippen LogP contribution is -2.10. The number of rotatable bonds is 14. The molecule has 2 aromatic rings. The van der Waals surface area contributed by atoms with Gasteiger partial charge in [0.1, 0.15) is 23.2 Å². The van der Waals surface area contributed by atoms with Crippen molar-refractivity contribution in [3.05, 3.63) is 72.8 Å². The first-order valence-electron chi connectivity index (χ1n) is 12.5. The van der Waals surface area contributed by atoms with Crippen LogP contribution in [0.3, 0.4) is 0 Å². The largest absolute Gasteiger partial charge is 0.692 e. The fourth-order valence-electron chi connectivity index (χ4n) is 2.45. The van der Waals surface area contributed by atoms with Gasteiger partial charge in [0.15, 0.2) is 0 Å². The lowest BCUT2D eigenvalue weighted by atomic mass is 10.2. The van der Waals surface area contributed by atoms with Gasteiger partial charge < -0.3 is 31.2 Å². The van der Waals surface area contributed by atoms with Gasteiger partial charge >= 0.3 is 8.25 Å². The minimum absolute atomic E-state index is 0.0579. The summed E-state index contributed by atoms with van der Waals surface area (Å²) >= 11 is 0. The van der Waals surface area contributed by atoms with Gasteiger partial charge in [0, 0.05) is 15.7 Å². The summed E-state index contributed by atoms with van der Waals surface area (Å²) in [6.07, 6.45) is 2.90. The molecule has 0 heterocycles. The first kappa shape index (κ1) is 45.9. The normalized spacial score (nSPS) is 10.0. The number of nitrogens with two attached hydrogens (primary N) is 2. The Morgan fingerprint density at radius 1 is 0.689 bits per heavy atom. The number of amidine groups is 2. The SMILES string of the molecule is C=C.N=C(N)c1ccc(OCCCCCOc2ccc(C(=N)N)cc2)cc1.O=S(=O)(O)CCO.O=S(=O)(O)CCO.O=[P+](O)O. The predicted molar refractivity (Wildman–Crippen MR) is 170 cm³/mol. The Morgan fingerprint density at radius 3 is 1.13 bits per heavy atom. The molecule has 0 aliphatic carbocycles.